The molecule has 0 aromatic carbocycles. The zero-order valence-corrected chi connectivity index (χ0v) is 12.6. The summed E-state index contributed by atoms with van der Waals surface area (Å²) in [4.78, 5) is 22.4. The lowest BCUT2D eigenvalue weighted by Crippen LogP contribution is -2.51. The van der Waals surface area contributed by atoms with E-state index in [2.05, 4.69) is 24.5 Å². The molecule has 116 valence electrons. The van der Waals surface area contributed by atoms with Crippen LogP contribution in [0, 0.1) is 0 Å². The van der Waals surface area contributed by atoms with E-state index in [0.717, 1.165) is 25.7 Å². The van der Waals surface area contributed by atoms with Gasteiger partial charge in [0, 0.05) is 18.7 Å². The van der Waals surface area contributed by atoms with E-state index in [-0.39, 0.29) is 30.1 Å². The second kappa shape index (κ2) is 7.47. The van der Waals surface area contributed by atoms with E-state index in [1.165, 1.54) is 0 Å². The van der Waals surface area contributed by atoms with Crippen molar-refractivity contribution in [2.24, 2.45) is 0 Å². The third-order valence-electron chi connectivity index (χ3n) is 3.98. The van der Waals surface area contributed by atoms with E-state index in [0.29, 0.717) is 6.61 Å². The van der Waals surface area contributed by atoms with Crippen molar-refractivity contribution in [3.8, 4) is 0 Å². The number of carbonyl (C=O) groups is 2. The number of carboxylic acid groups (broad SMARTS) is 1. The zero-order chi connectivity index (χ0) is 15.2. The number of ether oxygens (including phenoxy) is 1. The number of amides is 2. The van der Waals surface area contributed by atoms with Crippen molar-refractivity contribution < 1.29 is 19.4 Å². The Labute approximate surface area is 120 Å². The molecule has 0 aliphatic carbocycles. The third-order valence-corrected chi connectivity index (χ3v) is 3.98. The highest BCUT2D eigenvalue weighted by Gasteiger charge is 2.35. The van der Waals surface area contributed by atoms with Crippen molar-refractivity contribution in [3.05, 3.63) is 0 Å². The molecule has 1 fully saturated rings. The Hall–Kier alpha value is -1.30. The maximum Gasteiger partial charge on any atom is 0.315 e. The molecule has 2 atom stereocenters. The summed E-state index contributed by atoms with van der Waals surface area (Å²) in [5.74, 6) is -0.917. The van der Waals surface area contributed by atoms with Gasteiger partial charge < -0.3 is 20.5 Å². The van der Waals surface area contributed by atoms with Crippen LogP contribution in [0.5, 0.6) is 0 Å². The van der Waals surface area contributed by atoms with Gasteiger partial charge in [0.15, 0.2) is 0 Å². The maximum absolute atomic E-state index is 11.8. The van der Waals surface area contributed by atoms with Crippen molar-refractivity contribution in [1.82, 2.24) is 10.6 Å². The first kappa shape index (κ1) is 16.8. The van der Waals surface area contributed by atoms with E-state index in [4.69, 9.17) is 9.84 Å². The van der Waals surface area contributed by atoms with Crippen molar-refractivity contribution in [2.45, 2.75) is 70.6 Å². The molecule has 0 radical (unpaired) electrons. The summed E-state index contributed by atoms with van der Waals surface area (Å²) in [5.41, 5.74) is -0.136. The van der Waals surface area contributed by atoms with Gasteiger partial charge in [-0.3, -0.25) is 4.79 Å². The Morgan fingerprint density at radius 2 is 2.05 bits per heavy atom. The van der Waals surface area contributed by atoms with Crippen LogP contribution in [0.25, 0.3) is 0 Å². The van der Waals surface area contributed by atoms with E-state index >= 15 is 0 Å². The lowest BCUT2D eigenvalue weighted by Gasteiger charge is -2.40. The first-order valence-electron chi connectivity index (χ1n) is 7.33. The fourth-order valence-corrected chi connectivity index (χ4v) is 2.66. The highest BCUT2D eigenvalue weighted by molar-refractivity contribution is 5.75. The van der Waals surface area contributed by atoms with Crippen LogP contribution in [-0.4, -0.2) is 41.4 Å². The van der Waals surface area contributed by atoms with Crippen LogP contribution >= 0.6 is 0 Å². The molecule has 3 N–H and O–H groups in total. The highest BCUT2D eigenvalue weighted by Crippen LogP contribution is 2.31. The summed E-state index contributed by atoms with van der Waals surface area (Å²) < 4.78 is 5.86. The molecule has 1 heterocycles. The number of carbonyl (C=O) groups excluding carboxylic acids is 1. The summed E-state index contributed by atoms with van der Waals surface area (Å²) in [6.07, 6.45) is 3.38. The summed E-state index contributed by atoms with van der Waals surface area (Å²) >= 11 is 0. The minimum atomic E-state index is -0.917. The van der Waals surface area contributed by atoms with Crippen molar-refractivity contribution in [1.29, 1.82) is 0 Å². The molecule has 0 aromatic rings. The fourth-order valence-electron chi connectivity index (χ4n) is 2.66. The van der Waals surface area contributed by atoms with Gasteiger partial charge in [-0.25, -0.2) is 4.79 Å². The monoisotopic (exact) mass is 286 g/mol. The molecule has 2 unspecified atom stereocenters. The van der Waals surface area contributed by atoms with Gasteiger partial charge in [-0.15, -0.1) is 0 Å². The molecule has 6 heteroatoms. The van der Waals surface area contributed by atoms with Gasteiger partial charge >= 0.3 is 12.0 Å². The fraction of sp³-hybridized carbons (Fsp3) is 0.857. The normalized spacial score (nSPS) is 22.9. The second-order valence-corrected chi connectivity index (χ2v) is 5.55. The van der Waals surface area contributed by atoms with Crippen molar-refractivity contribution >= 4 is 12.0 Å². The first-order valence-corrected chi connectivity index (χ1v) is 7.33. The average molecular weight is 286 g/mol. The van der Waals surface area contributed by atoms with E-state index in [1.54, 1.807) is 6.92 Å². The molecule has 6 nitrogen and oxygen atoms in total. The van der Waals surface area contributed by atoms with Crippen LogP contribution < -0.4 is 10.6 Å². The number of hydrogen-bond acceptors (Lipinski definition) is 3. The molecule has 0 spiro atoms. The minimum absolute atomic E-state index is 0.0743. The predicted octanol–water partition coefficient (Wildman–Crippen LogP) is 1.89. The van der Waals surface area contributed by atoms with Crippen LogP contribution in [0.15, 0.2) is 0 Å². The molecule has 1 aliphatic rings. The van der Waals surface area contributed by atoms with Crippen LogP contribution in [0.3, 0.4) is 0 Å². The predicted molar refractivity (Wildman–Crippen MR) is 75.7 cm³/mol. The number of carboxylic acids is 1. The quantitative estimate of drug-likeness (QED) is 0.695. The number of nitrogens with one attached hydrogen (secondary N) is 2. The Balaban J connectivity index is 2.43. The number of urea groups is 1. The standard InChI is InChI=1S/C14H26N2O4/c1-4-14(5-2)9-11(6-7-20-14)16-13(19)15-10(3)8-12(17)18/h10-11H,4-9H2,1-3H3,(H,17,18)(H2,15,16,19). The Bertz CT molecular complexity index is 342. The largest absolute Gasteiger partial charge is 0.481 e. The summed E-state index contributed by atoms with van der Waals surface area (Å²) in [6, 6.07) is -0.595. The topological polar surface area (TPSA) is 87.7 Å². The van der Waals surface area contributed by atoms with Crippen LogP contribution in [-0.2, 0) is 9.53 Å². The van der Waals surface area contributed by atoms with Gasteiger partial charge in [-0.1, -0.05) is 13.8 Å². The maximum atomic E-state index is 11.8. The highest BCUT2D eigenvalue weighted by atomic mass is 16.5. The number of hydrogen-bond donors (Lipinski definition) is 3. The first-order chi connectivity index (χ1) is 9.40. The molecule has 1 rings (SSSR count). The smallest absolute Gasteiger partial charge is 0.315 e. The zero-order valence-electron chi connectivity index (χ0n) is 12.6. The van der Waals surface area contributed by atoms with E-state index in [9.17, 15) is 9.59 Å². The second-order valence-electron chi connectivity index (χ2n) is 5.55. The summed E-state index contributed by atoms with van der Waals surface area (Å²) in [7, 11) is 0. The molecule has 1 aliphatic heterocycles. The SMILES string of the molecule is CCC1(CC)CC(NC(=O)NC(C)CC(=O)O)CCO1. The molecular weight excluding hydrogens is 260 g/mol. The van der Waals surface area contributed by atoms with Crippen LogP contribution in [0.1, 0.15) is 52.9 Å². The number of rotatable bonds is 6. The average Bonchev–Trinajstić information content (AvgIpc) is 2.37. The van der Waals surface area contributed by atoms with E-state index in [1.807, 2.05) is 0 Å². The molecule has 0 bridgehead atoms. The van der Waals surface area contributed by atoms with Crippen LogP contribution in [0.4, 0.5) is 4.79 Å². The summed E-state index contributed by atoms with van der Waals surface area (Å²) in [6.45, 7) is 6.53. The molecule has 2 amide bonds. The van der Waals surface area contributed by atoms with Crippen molar-refractivity contribution in [3.63, 3.8) is 0 Å². The lowest BCUT2D eigenvalue weighted by atomic mass is 9.86. The molecule has 0 saturated carbocycles. The number of aliphatic carboxylic acids is 1. The van der Waals surface area contributed by atoms with Gasteiger partial charge in [0.05, 0.1) is 12.0 Å². The van der Waals surface area contributed by atoms with Crippen molar-refractivity contribution in [2.75, 3.05) is 6.61 Å². The third kappa shape index (κ3) is 5.00. The van der Waals surface area contributed by atoms with E-state index < -0.39 is 5.97 Å². The minimum Gasteiger partial charge on any atom is -0.481 e. The molecule has 0 aromatic heterocycles. The van der Waals surface area contributed by atoms with Gasteiger partial charge in [0.2, 0.25) is 0 Å². The molecule has 20 heavy (non-hydrogen) atoms. The van der Waals surface area contributed by atoms with Gasteiger partial charge in [0.1, 0.15) is 0 Å². The van der Waals surface area contributed by atoms with Gasteiger partial charge in [-0.2, -0.15) is 0 Å². The summed E-state index contributed by atoms with van der Waals surface area (Å²) in [5, 5.41) is 14.2. The Morgan fingerprint density at radius 1 is 1.40 bits per heavy atom. The Kier molecular flexibility index (Phi) is 6.26. The Morgan fingerprint density at radius 3 is 2.60 bits per heavy atom. The van der Waals surface area contributed by atoms with Gasteiger partial charge in [-0.05, 0) is 32.6 Å². The lowest BCUT2D eigenvalue weighted by molar-refractivity contribution is -0.137. The molecule has 1 saturated heterocycles. The molecular formula is C14H26N2O4. The van der Waals surface area contributed by atoms with Gasteiger partial charge in [0.25, 0.3) is 0 Å². The van der Waals surface area contributed by atoms with Crippen LogP contribution in [0.2, 0.25) is 0 Å².